The lowest BCUT2D eigenvalue weighted by Gasteiger charge is -2.02. The van der Waals surface area contributed by atoms with E-state index in [1.54, 1.807) is 12.3 Å². The van der Waals surface area contributed by atoms with Crippen molar-refractivity contribution in [3.8, 4) is 16.8 Å². The molecule has 0 fully saturated rings. The van der Waals surface area contributed by atoms with Gasteiger partial charge in [0, 0.05) is 6.54 Å². The Morgan fingerprint density at radius 2 is 2.33 bits per heavy atom. The molecular weight excluding hydrogens is 246 g/mol. The molecule has 0 saturated heterocycles. The van der Waals surface area contributed by atoms with Crippen molar-refractivity contribution in [2.45, 2.75) is 13.5 Å². The zero-order chi connectivity index (χ0) is 12.5. The fraction of sp³-hybridized carbons (Fsp3) is 0.167. The Morgan fingerprint density at radius 3 is 3.00 bits per heavy atom. The van der Waals surface area contributed by atoms with Crippen LogP contribution in [0.1, 0.15) is 12.5 Å². The normalized spacial score (nSPS) is 10.7. The van der Waals surface area contributed by atoms with Gasteiger partial charge in [0.15, 0.2) is 5.82 Å². The molecule has 0 aliphatic carbocycles. The maximum absolute atomic E-state index is 8.91. The highest BCUT2D eigenvalue weighted by Gasteiger charge is 2.13. The molecule has 0 radical (unpaired) electrons. The molecule has 2 aromatic heterocycles. The molecule has 0 atom stereocenters. The molecule has 2 heterocycles. The molecule has 0 aliphatic rings. The Kier molecular flexibility index (Phi) is 2.54. The van der Waals surface area contributed by atoms with Crippen LogP contribution in [0.25, 0.3) is 21.7 Å². The Hall–Kier alpha value is -2.26. The molecule has 0 N–H and O–H groups in total. The van der Waals surface area contributed by atoms with Gasteiger partial charge >= 0.3 is 0 Å². The number of rotatable bonds is 2. The van der Waals surface area contributed by atoms with Crippen molar-refractivity contribution >= 4 is 22.6 Å². The first-order valence-corrected chi connectivity index (χ1v) is 6.29. The molecule has 1 aromatic carbocycles. The first kappa shape index (κ1) is 10.9. The van der Waals surface area contributed by atoms with Gasteiger partial charge < -0.3 is 4.57 Å². The van der Waals surface area contributed by atoms with Crippen molar-refractivity contribution in [1.29, 1.82) is 5.26 Å². The Bertz CT molecular complexity index is 736. The first-order valence-electron chi connectivity index (χ1n) is 5.51. The third-order valence-electron chi connectivity index (χ3n) is 2.78. The lowest BCUT2D eigenvalue weighted by Crippen LogP contribution is -1.96. The molecular formula is C12H9N5S. The summed E-state index contributed by atoms with van der Waals surface area (Å²) in [4.78, 5) is 5.51. The Balaban J connectivity index is 2.30. The lowest BCUT2D eigenvalue weighted by atomic mass is 10.2. The number of nitrogens with zero attached hydrogens (tertiary/aromatic N) is 5. The third-order valence-corrected chi connectivity index (χ3v) is 3.44. The first-order chi connectivity index (χ1) is 8.83. The molecule has 0 unspecified atom stereocenters. The minimum Gasteiger partial charge on any atom is -0.323 e. The highest BCUT2D eigenvalue weighted by Crippen LogP contribution is 2.26. The van der Waals surface area contributed by atoms with E-state index in [-0.39, 0.29) is 0 Å². The molecule has 0 saturated carbocycles. The van der Waals surface area contributed by atoms with E-state index in [9.17, 15) is 0 Å². The number of fused-ring (bicyclic) bond motifs is 1. The standard InChI is InChI=1S/C12H9N5S/c1-2-17-10-4-3-8(6-13)5-9(10)15-12(17)11-7-14-16-18-11/h3-5,7H,2H2,1H3. The number of aryl methyl sites for hydroxylation is 1. The molecule has 5 nitrogen and oxygen atoms in total. The van der Waals surface area contributed by atoms with E-state index in [0.717, 1.165) is 28.3 Å². The molecule has 0 amide bonds. The number of aromatic nitrogens is 4. The van der Waals surface area contributed by atoms with Gasteiger partial charge in [-0.3, -0.25) is 0 Å². The number of nitriles is 1. The van der Waals surface area contributed by atoms with E-state index in [1.807, 2.05) is 12.1 Å². The van der Waals surface area contributed by atoms with Crippen molar-refractivity contribution in [1.82, 2.24) is 19.1 Å². The highest BCUT2D eigenvalue weighted by atomic mass is 32.1. The van der Waals surface area contributed by atoms with Gasteiger partial charge in [0.05, 0.1) is 28.9 Å². The number of benzene rings is 1. The average molecular weight is 255 g/mol. The predicted molar refractivity (Wildman–Crippen MR) is 69.0 cm³/mol. The largest absolute Gasteiger partial charge is 0.323 e. The van der Waals surface area contributed by atoms with Crippen LogP contribution in [0.4, 0.5) is 0 Å². The summed E-state index contributed by atoms with van der Waals surface area (Å²) < 4.78 is 5.97. The van der Waals surface area contributed by atoms with Gasteiger partial charge in [0.2, 0.25) is 0 Å². The summed E-state index contributed by atoms with van der Waals surface area (Å²) in [6, 6.07) is 7.68. The zero-order valence-electron chi connectivity index (χ0n) is 9.66. The highest BCUT2D eigenvalue weighted by molar-refractivity contribution is 7.09. The third kappa shape index (κ3) is 1.57. The van der Waals surface area contributed by atoms with Crippen molar-refractivity contribution < 1.29 is 0 Å². The quantitative estimate of drug-likeness (QED) is 0.705. The molecule has 3 aromatic rings. The van der Waals surface area contributed by atoms with E-state index in [1.165, 1.54) is 11.5 Å². The van der Waals surface area contributed by atoms with Crippen LogP contribution >= 0.6 is 11.5 Å². The van der Waals surface area contributed by atoms with Crippen LogP contribution in [0.3, 0.4) is 0 Å². The van der Waals surface area contributed by atoms with Crippen molar-refractivity contribution in [3.05, 3.63) is 30.0 Å². The summed E-state index contributed by atoms with van der Waals surface area (Å²) >= 11 is 1.32. The van der Waals surface area contributed by atoms with Gasteiger partial charge in [-0.1, -0.05) is 4.49 Å². The predicted octanol–water partition coefficient (Wildman–Crippen LogP) is 2.45. The van der Waals surface area contributed by atoms with E-state index in [0.29, 0.717) is 5.56 Å². The van der Waals surface area contributed by atoms with Crippen LogP contribution in [-0.2, 0) is 6.54 Å². The van der Waals surface area contributed by atoms with Crippen LogP contribution in [0, 0.1) is 11.3 Å². The molecule has 0 aliphatic heterocycles. The SMILES string of the molecule is CCn1c(-c2cnns2)nc2cc(C#N)ccc21. The van der Waals surface area contributed by atoms with Crippen molar-refractivity contribution in [2.75, 3.05) is 0 Å². The van der Waals surface area contributed by atoms with Crippen molar-refractivity contribution in [3.63, 3.8) is 0 Å². The molecule has 6 heteroatoms. The van der Waals surface area contributed by atoms with Crippen LogP contribution in [0.2, 0.25) is 0 Å². The molecule has 88 valence electrons. The molecule has 0 bridgehead atoms. The summed E-state index contributed by atoms with van der Waals surface area (Å²) in [5.74, 6) is 0.859. The summed E-state index contributed by atoms with van der Waals surface area (Å²) in [7, 11) is 0. The monoisotopic (exact) mass is 255 g/mol. The smallest absolute Gasteiger partial charge is 0.154 e. The van der Waals surface area contributed by atoms with Crippen molar-refractivity contribution in [2.24, 2.45) is 0 Å². The molecule has 18 heavy (non-hydrogen) atoms. The van der Waals surface area contributed by atoms with Gasteiger partial charge in [-0.25, -0.2) is 4.98 Å². The minimum absolute atomic E-state index is 0.622. The van der Waals surface area contributed by atoms with E-state index < -0.39 is 0 Å². The Morgan fingerprint density at radius 1 is 1.44 bits per heavy atom. The van der Waals surface area contributed by atoms with Crippen LogP contribution in [-0.4, -0.2) is 19.1 Å². The second-order valence-corrected chi connectivity index (χ2v) is 4.56. The minimum atomic E-state index is 0.622. The van der Waals surface area contributed by atoms with Gasteiger partial charge in [-0.05, 0) is 36.7 Å². The fourth-order valence-electron chi connectivity index (χ4n) is 1.97. The van der Waals surface area contributed by atoms with Gasteiger partial charge in [-0.2, -0.15) is 5.26 Å². The second kappa shape index (κ2) is 4.20. The summed E-state index contributed by atoms with van der Waals surface area (Å²) in [6.07, 6.45) is 1.71. The van der Waals surface area contributed by atoms with Crippen LogP contribution < -0.4 is 0 Å². The summed E-state index contributed by atoms with van der Waals surface area (Å²) in [5.41, 5.74) is 2.48. The molecule has 3 rings (SSSR count). The van der Waals surface area contributed by atoms with Crippen LogP contribution in [0.15, 0.2) is 24.4 Å². The average Bonchev–Trinajstić information content (AvgIpc) is 3.04. The van der Waals surface area contributed by atoms with Gasteiger partial charge in [0.25, 0.3) is 0 Å². The number of hydrogen-bond donors (Lipinski definition) is 0. The second-order valence-electron chi connectivity index (χ2n) is 3.78. The summed E-state index contributed by atoms with van der Waals surface area (Å²) in [6.45, 7) is 2.88. The van der Waals surface area contributed by atoms with Gasteiger partial charge in [-0.15, -0.1) is 5.10 Å². The number of imidazole rings is 1. The maximum atomic E-state index is 8.91. The zero-order valence-corrected chi connectivity index (χ0v) is 10.5. The van der Waals surface area contributed by atoms with E-state index in [2.05, 4.69) is 32.1 Å². The maximum Gasteiger partial charge on any atom is 0.154 e. The van der Waals surface area contributed by atoms with E-state index in [4.69, 9.17) is 5.26 Å². The van der Waals surface area contributed by atoms with E-state index >= 15 is 0 Å². The fourth-order valence-corrected chi connectivity index (χ4v) is 2.49. The lowest BCUT2D eigenvalue weighted by molar-refractivity contribution is 0.797. The topological polar surface area (TPSA) is 67.4 Å². The van der Waals surface area contributed by atoms with Crippen LogP contribution in [0.5, 0.6) is 0 Å². The molecule has 0 spiro atoms. The summed E-state index contributed by atoms with van der Waals surface area (Å²) in [5, 5.41) is 12.8. The Labute approximate surface area is 107 Å². The van der Waals surface area contributed by atoms with Gasteiger partial charge in [0.1, 0.15) is 4.88 Å². The number of hydrogen-bond acceptors (Lipinski definition) is 5.